The zero-order chi connectivity index (χ0) is 17.4. The van der Waals surface area contributed by atoms with Gasteiger partial charge in [-0.3, -0.25) is 0 Å². The third kappa shape index (κ3) is 3.62. The number of halogens is 6. The number of hydrogen-bond acceptors (Lipinski definition) is 1. The Labute approximate surface area is 169 Å². The van der Waals surface area contributed by atoms with Crippen molar-refractivity contribution in [1.82, 2.24) is 4.98 Å². The molecule has 1 aromatic heterocycles. The quantitative estimate of drug-likeness (QED) is 0.367. The summed E-state index contributed by atoms with van der Waals surface area (Å²) in [6.45, 7) is 0. The first-order valence-electron chi connectivity index (χ1n) is 6.63. The summed E-state index contributed by atoms with van der Waals surface area (Å²) in [7, 11) is 0. The molecule has 0 fully saturated rings. The summed E-state index contributed by atoms with van der Waals surface area (Å²) in [6, 6.07) is 12.0. The lowest BCUT2D eigenvalue weighted by Crippen LogP contribution is -1.90. The van der Waals surface area contributed by atoms with Crippen molar-refractivity contribution >= 4 is 69.6 Å². The van der Waals surface area contributed by atoms with Gasteiger partial charge in [-0.05, 0) is 36.4 Å². The van der Waals surface area contributed by atoms with Crippen LogP contribution in [0.15, 0.2) is 42.5 Å². The van der Waals surface area contributed by atoms with E-state index in [9.17, 15) is 0 Å². The number of nitrogens with zero attached hydrogens (tertiary/aromatic N) is 1. The van der Waals surface area contributed by atoms with Gasteiger partial charge in [-0.15, -0.1) is 0 Å². The van der Waals surface area contributed by atoms with Gasteiger partial charge in [0, 0.05) is 21.2 Å². The lowest BCUT2D eigenvalue weighted by molar-refractivity contribution is 1.32. The Bertz CT molecular complexity index is 866. The highest BCUT2D eigenvalue weighted by molar-refractivity contribution is 6.45. The molecule has 0 bridgehead atoms. The van der Waals surface area contributed by atoms with E-state index < -0.39 is 0 Å². The summed E-state index contributed by atoms with van der Waals surface area (Å²) in [5, 5.41) is 2.40. The summed E-state index contributed by atoms with van der Waals surface area (Å²) < 4.78 is 0. The molecule has 122 valence electrons. The van der Waals surface area contributed by atoms with Crippen LogP contribution in [0.5, 0.6) is 0 Å². The summed E-state index contributed by atoms with van der Waals surface area (Å²) in [5.74, 6) is 0. The van der Waals surface area contributed by atoms with Gasteiger partial charge in [0.2, 0.25) is 0 Å². The van der Waals surface area contributed by atoms with E-state index in [1.165, 1.54) is 0 Å². The van der Waals surface area contributed by atoms with E-state index >= 15 is 0 Å². The molecule has 0 aliphatic carbocycles. The molecule has 0 amide bonds. The van der Waals surface area contributed by atoms with Gasteiger partial charge in [0.05, 0.1) is 31.5 Å². The minimum atomic E-state index is 0.357. The van der Waals surface area contributed by atoms with Crippen molar-refractivity contribution in [1.29, 1.82) is 0 Å². The van der Waals surface area contributed by atoms with Crippen molar-refractivity contribution in [2.45, 2.75) is 0 Å². The van der Waals surface area contributed by atoms with Crippen LogP contribution in [0.2, 0.25) is 30.1 Å². The highest BCUT2D eigenvalue weighted by atomic mass is 35.5. The Kier molecular flexibility index (Phi) is 5.51. The normalized spacial score (nSPS) is 10.9. The molecule has 0 aliphatic heterocycles. The maximum Gasteiger partial charge on any atom is 0.0725 e. The molecule has 3 aromatic rings. The first-order valence-corrected chi connectivity index (χ1v) is 8.90. The average molecular weight is 438 g/mol. The zero-order valence-corrected chi connectivity index (χ0v) is 16.3. The van der Waals surface area contributed by atoms with Crippen LogP contribution in [-0.4, -0.2) is 4.98 Å². The van der Waals surface area contributed by atoms with Crippen LogP contribution in [0.1, 0.15) is 0 Å². The Morgan fingerprint density at radius 2 is 1.00 bits per heavy atom. The third-order valence-electron chi connectivity index (χ3n) is 3.29. The molecular weight excluding hydrogens is 431 g/mol. The van der Waals surface area contributed by atoms with E-state index in [0.29, 0.717) is 52.7 Å². The molecule has 0 spiro atoms. The van der Waals surface area contributed by atoms with Gasteiger partial charge in [0.25, 0.3) is 0 Å². The minimum absolute atomic E-state index is 0.357. The molecule has 1 nitrogen and oxygen atoms in total. The second kappa shape index (κ2) is 7.29. The molecular formula is C17H7Cl6N. The van der Waals surface area contributed by atoms with Crippen molar-refractivity contribution in [3.63, 3.8) is 0 Å². The van der Waals surface area contributed by atoms with Gasteiger partial charge in [0.15, 0.2) is 0 Å². The van der Waals surface area contributed by atoms with Gasteiger partial charge in [-0.2, -0.15) is 0 Å². The first-order chi connectivity index (χ1) is 11.4. The third-order valence-corrected chi connectivity index (χ3v) is 5.33. The van der Waals surface area contributed by atoms with Gasteiger partial charge < -0.3 is 0 Å². The summed E-state index contributed by atoms with van der Waals surface area (Å²) in [6.07, 6.45) is 0. The topological polar surface area (TPSA) is 12.9 Å². The van der Waals surface area contributed by atoms with Crippen molar-refractivity contribution in [3.05, 3.63) is 72.6 Å². The highest BCUT2D eigenvalue weighted by Crippen LogP contribution is 2.39. The number of hydrogen-bond donors (Lipinski definition) is 0. The summed E-state index contributed by atoms with van der Waals surface area (Å²) in [5.41, 5.74) is 2.46. The number of pyridine rings is 1. The van der Waals surface area contributed by atoms with Crippen molar-refractivity contribution in [2.75, 3.05) is 0 Å². The van der Waals surface area contributed by atoms with Crippen LogP contribution in [0.4, 0.5) is 0 Å². The van der Waals surface area contributed by atoms with E-state index in [-0.39, 0.29) is 0 Å². The first kappa shape index (κ1) is 18.1. The van der Waals surface area contributed by atoms with Crippen LogP contribution in [0, 0.1) is 0 Å². The molecule has 0 saturated carbocycles. The van der Waals surface area contributed by atoms with Crippen LogP contribution in [0.3, 0.4) is 0 Å². The maximum absolute atomic E-state index is 6.28. The molecule has 0 unspecified atom stereocenters. The van der Waals surface area contributed by atoms with Gasteiger partial charge >= 0.3 is 0 Å². The van der Waals surface area contributed by atoms with Gasteiger partial charge in [-0.1, -0.05) is 75.7 Å². The SMILES string of the molecule is Clc1cc(Cl)c(Cl)c(-c2cccc(-c3cc(Cl)cc(Cl)c3Cl)n2)c1. The summed E-state index contributed by atoms with van der Waals surface area (Å²) >= 11 is 36.9. The van der Waals surface area contributed by atoms with E-state index in [2.05, 4.69) is 4.98 Å². The van der Waals surface area contributed by atoms with Crippen LogP contribution in [-0.2, 0) is 0 Å². The van der Waals surface area contributed by atoms with Crippen LogP contribution in [0.25, 0.3) is 22.5 Å². The average Bonchev–Trinajstić information content (AvgIpc) is 2.54. The zero-order valence-electron chi connectivity index (χ0n) is 11.8. The number of benzene rings is 2. The van der Waals surface area contributed by atoms with Gasteiger partial charge in [0.1, 0.15) is 0 Å². The van der Waals surface area contributed by atoms with E-state index in [4.69, 9.17) is 69.6 Å². The Morgan fingerprint density at radius 1 is 0.583 bits per heavy atom. The highest BCUT2D eigenvalue weighted by Gasteiger charge is 2.14. The molecule has 3 rings (SSSR count). The lowest BCUT2D eigenvalue weighted by Gasteiger charge is -2.10. The smallest absolute Gasteiger partial charge is 0.0725 e. The molecule has 0 atom stereocenters. The Balaban J connectivity index is 2.18. The molecule has 1 heterocycles. The van der Waals surface area contributed by atoms with Crippen LogP contribution < -0.4 is 0 Å². The van der Waals surface area contributed by atoms with Crippen molar-refractivity contribution < 1.29 is 0 Å². The van der Waals surface area contributed by atoms with E-state index in [1.807, 2.05) is 6.07 Å². The van der Waals surface area contributed by atoms with Crippen LogP contribution >= 0.6 is 69.6 Å². The second-order valence-corrected chi connectivity index (χ2v) is 7.35. The second-order valence-electron chi connectivity index (χ2n) is 4.91. The standard InChI is InChI=1S/C17H7Cl6N/c18-8-4-10(16(22)12(20)6-8)14-2-1-3-15(24-14)11-5-9(19)7-13(21)17(11)23/h1-7H. The predicted molar refractivity (Wildman–Crippen MR) is 105 cm³/mol. The summed E-state index contributed by atoms with van der Waals surface area (Å²) in [4.78, 5) is 4.60. The Hall–Kier alpha value is -0.670. The number of rotatable bonds is 2. The molecule has 7 heteroatoms. The Morgan fingerprint density at radius 3 is 1.42 bits per heavy atom. The van der Waals surface area contributed by atoms with E-state index in [0.717, 1.165) is 0 Å². The minimum Gasteiger partial charge on any atom is -0.248 e. The monoisotopic (exact) mass is 435 g/mol. The van der Waals surface area contributed by atoms with Crippen molar-refractivity contribution in [2.24, 2.45) is 0 Å². The molecule has 0 aliphatic rings. The van der Waals surface area contributed by atoms with Crippen molar-refractivity contribution in [3.8, 4) is 22.5 Å². The van der Waals surface area contributed by atoms with Gasteiger partial charge in [-0.25, -0.2) is 4.98 Å². The predicted octanol–water partition coefficient (Wildman–Crippen LogP) is 8.34. The largest absolute Gasteiger partial charge is 0.248 e. The lowest BCUT2D eigenvalue weighted by atomic mass is 10.1. The molecule has 0 saturated heterocycles. The fourth-order valence-corrected chi connectivity index (χ4v) is 3.62. The maximum atomic E-state index is 6.28. The fourth-order valence-electron chi connectivity index (χ4n) is 2.22. The molecule has 0 N–H and O–H groups in total. The molecule has 24 heavy (non-hydrogen) atoms. The molecule has 0 radical (unpaired) electrons. The molecule has 2 aromatic carbocycles. The number of aromatic nitrogens is 1. The van der Waals surface area contributed by atoms with E-state index in [1.54, 1.807) is 36.4 Å². The fraction of sp³-hybridized carbons (Fsp3) is 0.